The van der Waals surface area contributed by atoms with E-state index >= 15 is 0 Å². The fraction of sp³-hybridized carbons (Fsp3) is 1.00. The van der Waals surface area contributed by atoms with Crippen LogP contribution >= 0.6 is 0 Å². The van der Waals surface area contributed by atoms with Gasteiger partial charge in [-0.05, 0) is 31.6 Å². The molecule has 1 heterocycles. The Labute approximate surface area is 100 Å². The molecule has 2 unspecified atom stereocenters. The first-order chi connectivity index (χ1) is 7.66. The van der Waals surface area contributed by atoms with Gasteiger partial charge in [-0.1, -0.05) is 33.6 Å². The van der Waals surface area contributed by atoms with Crippen LogP contribution in [-0.2, 0) is 4.74 Å². The van der Waals surface area contributed by atoms with E-state index in [0.29, 0.717) is 5.92 Å². The second-order valence-electron chi connectivity index (χ2n) is 5.81. The van der Waals surface area contributed by atoms with Crippen molar-refractivity contribution in [3.63, 3.8) is 0 Å². The molecular weight excluding hydrogens is 198 g/mol. The van der Waals surface area contributed by atoms with E-state index < -0.39 is 0 Å². The molecule has 1 N–H and O–H groups in total. The van der Waals surface area contributed by atoms with Crippen molar-refractivity contribution in [2.45, 2.75) is 70.5 Å². The molecule has 2 heteroatoms. The van der Waals surface area contributed by atoms with Crippen LogP contribution in [0, 0.1) is 5.92 Å². The van der Waals surface area contributed by atoms with Crippen molar-refractivity contribution in [2.75, 3.05) is 13.1 Å². The van der Waals surface area contributed by atoms with Gasteiger partial charge in [-0.15, -0.1) is 0 Å². The summed E-state index contributed by atoms with van der Waals surface area (Å²) in [5.41, 5.74) is 0.242. The molecule has 2 rings (SSSR count). The zero-order valence-corrected chi connectivity index (χ0v) is 11.1. The highest BCUT2D eigenvalue weighted by atomic mass is 16.5. The largest absolute Gasteiger partial charge is 0.366 e. The van der Waals surface area contributed by atoms with E-state index in [-0.39, 0.29) is 11.2 Å². The van der Waals surface area contributed by atoms with Gasteiger partial charge in [0.15, 0.2) is 0 Å². The van der Waals surface area contributed by atoms with Gasteiger partial charge in [0.25, 0.3) is 0 Å². The molecule has 2 nitrogen and oxygen atoms in total. The van der Waals surface area contributed by atoms with E-state index in [1.54, 1.807) is 0 Å². The predicted octanol–water partition coefficient (Wildman–Crippen LogP) is 3.11. The van der Waals surface area contributed by atoms with Crippen LogP contribution in [0.3, 0.4) is 0 Å². The highest BCUT2D eigenvalue weighted by Crippen LogP contribution is 2.42. The van der Waals surface area contributed by atoms with E-state index in [1.165, 1.54) is 25.7 Å². The van der Waals surface area contributed by atoms with Crippen molar-refractivity contribution in [2.24, 2.45) is 5.92 Å². The Morgan fingerprint density at radius 2 is 1.94 bits per heavy atom. The number of hydrogen-bond acceptors (Lipinski definition) is 2. The number of morpholine rings is 1. The number of nitrogens with one attached hydrogen (secondary N) is 1. The van der Waals surface area contributed by atoms with Gasteiger partial charge in [0.2, 0.25) is 0 Å². The molecule has 0 amide bonds. The van der Waals surface area contributed by atoms with Crippen LogP contribution in [0.15, 0.2) is 0 Å². The van der Waals surface area contributed by atoms with Crippen LogP contribution in [0.4, 0.5) is 0 Å². The van der Waals surface area contributed by atoms with Crippen molar-refractivity contribution in [3.8, 4) is 0 Å². The quantitative estimate of drug-likeness (QED) is 0.779. The summed E-state index contributed by atoms with van der Waals surface area (Å²) in [6, 6.07) is 0. The normalized spacial score (nSPS) is 38.8. The molecule has 16 heavy (non-hydrogen) atoms. The van der Waals surface area contributed by atoms with Crippen LogP contribution in [0.25, 0.3) is 0 Å². The van der Waals surface area contributed by atoms with Crippen molar-refractivity contribution in [1.29, 1.82) is 0 Å². The zero-order valence-electron chi connectivity index (χ0n) is 11.1. The van der Waals surface area contributed by atoms with Crippen LogP contribution in [0.2, 0.25) is 0 Å². The predicted molar refractivity (Wildman–Crippen MR) is 67.6 cm³/mol. The standard InChI is InChI=1S/C14H27NO/c1-4-13(5-2)10-15-11-14(16-13)9-7-6-8-12(14)3/h12,15H,4-11H2,1-3H3. The van der Waals surface area contributed by atoms with Gasteiger partial charge in [-0.3, -0.25) is 0 Å². The number of hydrogen-bond donors (Lipinski definition) is 1. The molecule has 2 aliphatic rings. The SMILES string of the molecule is CCC1(CC)CNCC2(CCCCC2C)O1. The lowest BCUT2D eigenvalue weighted by atomic mass is 9.74. The minimum absolute atomic E-state index is 0.101. The second kappa shape index (κ2) is 4.66. The van der Waals surface area contributed by atoms with Crippen LogP contribution in [0.1, 0.15) is 59.3 Å². The van der Waals surface area contributed by atoms with Gasteiger partial charge in [0, 0.05) is 13.1 Å². The van der Waals surface area contributed by atoms with Crippen molar-refractivity contribution in [3.05, 3.63) is 0 Å². The summed E-state index contributed by atoms with van der Waals surface area (Å²) < 4.78 is 6.65. The van der Waals surface area contributed by atoms with Gasteiger partial charge in [0.05, 0.1) is 11.2 Å². The summed E-state index contributed by atoms with van der Waals surface area (Å²) in [4.78, 5) is 0. The molecule has 0 aromatic carbocycles. The summed E-state index contributed by atoms with van der Waals surface area (Å²) in [6.45, 7) is 9.00. The minimum atomic E-state index is 0.101. The average molecular weight is 225 g/mol. The van der Waals surface area contributed by atoms with E-state index in [2.05, 4.69) is 26.1 Å². The maximum absolute atomic E-state index is 6.65. The Morgan fingerprint density at radius 1 is 1.19 bits per heavy atom. The van der Waals surface area contributed by atoms with E-state index in [4.69, 9.17) is 4.74 Å². The van der Waals surface area contributed by atoms with Gasteiger partial charge < -0.3 is 10.1 Å². The molecule has 2 atom stereocenters. The van der Waals surface area contributed by atoms with Gasteiger partial charge in [0.1, 0.15) is 0 Å². The molecule has 0 aromatic heterocycles. The van der Waals surface area contributed by atoms with Crippen LogP contribution < -0.4 is 5.32 Å². The second-order valence-corrected chi connectivity index (χ2v) is 5.81. The number of rotatable bonds is 2. The lowest BCUT2D eigenvalue weighted by molar-refractivity contribution is -0.213. The fourth-order valence-electron chi connectivity index (χ4n) is 3.45. The third kappa shape index (κ3) is 2.02. The Hall–Kier alpha value is -0.0800. The first-order valence-electron chi connectivity index (χ1n) is 7.07. The van der Waals surface area contributed by atoms with Crippen molar-refractivity contribution in [1.82, 2.24) is 5.32 Å². The molecular formula is C14H27NO. The highest BCUT2D eigenvalue weighted by molar-refractivity contribution is 4.99. The highest BCUT2D eigenvalue weighted by Gasteiger charge is 2.47. The summed E-state index contributed by atoms with van der Waals surface area (Å²) in [7, 11) is 0. The maximum Gasteiger partial charge on any atom is 0.0839 e. The molecule has 2 fully saturated rings. The van der Waals surface area contributed by atoms with Crippen LogP contribution in [-0.4, -0.2) is 24.3 Å². The topological polar surface area (TPSA) is 21.3 Å². The summed E-state index contributed by atoms with van der Waals surface area (Å²) in [5.74, 6) is 0.714. The van der Waals surface area contributed by atoms with Gasteiger partial charge in [-0.2, -0.15) is 0 Å². The molecule has 0 bridgehead atoms. The van der Waals surface area contributed by atoms with E-state index in [0.717, 1.165) is 25.9 Å². The minimum Gasteiger partial charge on any atom is -0.366 e. The molecule has 1 aliphatic carbocycles. The van der Waals surface area contributed by atoms with Crippen molar-refractivity contribution >= 4 is 0 Å². The fourth-order valence-corrected chi connectivity index (χ4v) is 3.45. The smallest absolute Gasteiger partial charge is 0.0839 e. The lowest BCUT2D eigenvalue weighted by Gasteiger charge is -2.53. The summed E-state index contributed by atoms with van der Waals surface area (Å²) in [6.07, 6.45) is 7.58. The average Bonchev–Trinajstić information content (AvgIpc) is 2.33. The molecule has 0 aromatic rings. The maximum atomic E-state index is 6.65. The molecule has 1 aliphatic heterocycles. The summed E-state index contributed by atoms with van der Waals surface area (Å²) in [5, 5.41) is 3.64. The Morgan fingerprint density at radius 3 is 2.56 bits per heavy atom. The van der Waals surface area contributed by atoms with Crippen molar-refractivity contribution < 1.29 is 4.74 Å². The Balaban J connectivity index is 2.15. The number of ether oxygens (including phenoxy) is 1. The third-order valence-corrected chi connectivity index (χ3v) is 4.97. The third-order valence-electron chi connectivity index (χ3n) is 4.97. The molecule has 94 valence electrons. The first kappa shape index (κ1) is 12.4. The molecule has 1 saturated heterocycles. The monoisotopic (exact) mass is 225 g/mol. The molecule has 0 radical (unpaired) electrons. The Bertz CT molecular complexity index is 233. The van der Waals surface area contributed by atoms with E-state index in [9.17, 15) is 0 Å². The first-order valence-corrected chi connectivity index (χ1v) is 7.07. The lowest BCUT2D eigenvalue weighted by Crippen LogP contribution is -2.63. The zero-order chi connectivity index (χ0) is 11.6. The Kier molecular flexibility index (Phi) is 3.60. The van der Waals surface area contributed by atoms with Gasteiger partial charge in [-0.25, -0.2) is 0 Å². The molecule has 1 saturated carbocycles. The van der Waals surface area contributed by atoms with Crippen LogP contribution in [0.5, 0.6) is 0 Å². The molecule has 1 spiro atoms. The summed E-state index contributed by atoms with van der Waals surface area (Å²) >= 11 is 0. The van der Waals surface area contributed by atoms with Gasteiger partial charge >= 0.3 is 0 Å². The van der Waals surface area contributed by atoms with E-state index in [1.807, 2.05) is 0 Å².